The van der Waals surface area contributed by atoms with E-state index >= 15 is 0 Å². The number of nitrogens with zero attached hydrogens (tertiary/aromatic N) is 2. The number of amides is 1. The lowest BCUT2D eigenvalue weighted by atomic mass is 10.1. The predicted octanol–water partition coefficient (Wildman–Crippen LogP) is 1.15. The molecule has 1 saturated carbocycles. The van der Waals surface area contributed by atoms with Crippen molar-refractivity contribution in [3.05, 3.63) is 29.7 Å². The summed E-state index contributed by atoms with van der Waals surface area (Å²) >= 11 is 0. The molecule has 1 unspecified atom stereocenters. The maximum absolute atomic E-state index is 12.7. The summed E-state index contributed by atoms with van der Waals surface area (Å²) in [5, 5.41) is 4.09. The smallest absolute Gasteiger partial charge is 0.226 e. The van der Waals surface area contributed by atoms with Crippen LogP contribution in [0.15, 0.2) is 17.2 Å². The highest BCUT2D eigenvalue weighted by atomic mass is 16.5. The van der Waals surface area contributed by atoms with Crippen LogP contribution in [0.1, 0.15) is 17.0 Å². The molecule has 0 bridgehead atoms. The van der Waals surface area contributed by atoms with Gasteiger partial charge in [-0.2, -0.15) is 0 Å². The van der Waals surface area contributed by atoms with Crippen molar-refractivity contribution in [2.75, 3.05) is 26.4 Å². The molecule has 3 aliphatic rings. The third kappa shape index (κ3) is 2.27. The minimum atomic E-state index is 0.177. The summed E-state index contributed by atoms with van der Waals surface area (Å²) in [6.45, 7) is 7.29. The molecule has 1 aliphatic carbocycles. The highest BCUT2D eigenvalue weighted by Crippen LogP contribution is 2.51. The van der Waals surface area contributed by atoms with Gasteiger partial charge in [0.15, 0.2) is 0 Å². The lowest BCUT2D eigenvalue weighted by Crippen LogP contribution is -2.38. The van der Waals surface area contributed by atoms with E-state index in [1.807, 2.05) is 4.90 Å². The highest BCUT2D eigenvalue weighted by molar-refractivity contribution is 5.82. The Morgan fingerprint density at radius 3 is 3.05 bits per heavy atom. The number of fused-ring (bicyclic) bond motifs is 2. The molecule has 0 N–H and O–H groups in total. The molecular formula is C16H20N2O4. The van der Waals surface area contributed by atoms with E-state index < -0.39 is 0 Å². The van der Waals surface area contributed by atoms with E-state index in [-0.39, 0.29) is 11.8 Å². The molecule has 6 heteroatoms. The van der Waals surface area contributed by atoms with Crippen LogP contribution in [0, 0.1) is 17.8 Å². The Balaban J connectivity index is 1.43. The van der Waals surface area contributed by atoms with Crippen LogP contribution < -0.4 is 0 Å². The third-order valence-corrected chi connectivity index (χ3v) is 4.93. The van der Waals surface area contributed by atoms with Gasteiger partial charge in [-0.1, -0.05) is 11.2 Å². The molecule has 0 aromatic carbocycles. The zero-order valence-electron chi connectivity index (χ0n) is 12.5. The monoisotopic (exact) mass is 304 g/mol. The molecule has 1 aromatic heterocycles. The summed E-state index contributed by atoms with van der Waals surface area (Å²) in [6, 6.07) is 0. The van der Waals surface area contributed by atoms with Gasteiger partial charge in [0, 0.05) is 24.4 Å². The molecule has 22 heavy (non-hydrogen) atoms. The highest BCUT2D eigenvalue weighted by Gasteiger charge is 2.59. The van der Waals surface area contributed by atoms with Crippen molar-refractivity contribution in [3.8, 4) is 0 Å². The molecule has 0 radical (unpaired) electrons. The van der Waals surface area contributed by atoms with Crippen LogP contribution in [0.5, 0.6) is 0 Å². The van der Waals surface area contributed by atoms with Crippen LogP contribution in [-0.2, 0) is 33.8 Å². The minimum Gasteiger partial charge on any atom is -0.381 e. The Morgan fingerprint density at radius 1 is 1.45 bits per heavy atom. The first-order valence-electron chi connectivity index (χ1n) is 7.81. The maximum atomic E-state index is 12.7. The molecule has 3 heterocycles. The second-order valence-electron chi connectivity index (χ2n) is 6.24. The molecule has 4 rings (SSSR count). The molecule has 1 saturated heterocycles. The predicted molar refractivity (Wildman–Crippen MR) is 76.8 cm³/mol. The molecule has 1 amide bonds. The summed E-state index contributed by atoms with van der Waals surface area (Å²) in [6.07, 6.45) is 2.43. The van der Waals surface area contributed by atoms with Crippen molar-refractivity contribution in [1.29, 1.82) is 0 Å². The van der Waals surface area contributed by atoms with Gasteiger partial charge in [-0.25, -0.2) is 0 Å². The van der Waals surface area contributed by atoms with E-state index in [0.717, 1.165) is 36.7 Å². The van der Waals surface area contributed by atoms with E-state index in [4.69, 9.17) is 14.0 Å². The fourth-order valence-electron chi connectivity index (χ4n) is 3.62. The van der Waals surface area contributed by atoms with Crippen molar-refractivity contribution in [2.24, 2.45) is 17.8 Å². The Bertz CT molecular complexity index is 587. The Hall–Kier alpha value is -1.66. The summed E-state index contributed by atoms with van der Waals surface area (Å²) in [7, 11) is 0. The van der Waals surface area contributed by atoms with E-state index in [0.29, 0.717) is 38.1 Å². The van der Waals surface area contributed by atoms with Crippen LogP contribution >= 0.6 is 0 Å². The summed E-state index contributed by atoms with van der Waals surface area (Å²) in [4.78, 5) is 14.6. The Kier molecular flexibility index (Phi) is 3.50. The second-order valence-corrected chi connectivity index (χ2v) is 6.24. The summed E-state index contributed by atoms with van der Waals surface area (Å²) in [5.74, 6) is 2.23. The van der Waals surface area contributed by atoms with Crippen molar-refractivity contribution in [3.63, 3.8) is 0 Å². The molecule has 1 aromatic rings. The molecule has 0 spiro atoms. The van der Waals surface area contributed by atoms with Gasteiger partial charge in [-0.3, -0.25) is 4.79 Å². The van der Waals surface area contributed by atoms with Gasteiger partial charge in [-0.15, -0.1) is 6.58 Å². The van der Waals surface area contributed by atoms with Gasteiger partial charge in [0.25, 0.3) is 0 Å². The Labute approximate surface area is 129 Å². The van der Waals surface area contributed by atoms with Gasteiger partial charge < -0.3 is 18.9 Å². The SMILES string of the molecule is C=CCOCc1noc2c1CN(C(=O)C1[C@H]3COC[C@@H]13)CC2. The molecule has 6 nitrogen and oxygen atoms in total. The number of rotatable bonds is 5. The average Bonchev–Trinajstić information content (AvgIpc) is 2.90. The molecule has 2 aliphatic heterocycles. The van der Waals surface area contributed by atoms with Crippen LogP contribution in [-0.4, -0.2) is 42.3 Å². The lowest BCUT2D eigenvalue weighted by Gasteiger charge is -2.27. The van der Waals surface area contributed by atoms with Crippen molar-refractivity contribution >= 4 is 5.91 Å². The third-order valence-electron chi connectivity index (χ3n) is 4.93. The first-order valence-corrected chi connectivity index (χ1v) is 7.81. The van der Waals surface area contributed by atoms with Crippen molar-refractivity contribution < 1.29 is 18.8 Å². The normalized spacial score (nSPS) is 29.1. The quantitative estimate of drug-likeness (QED) is 0.603. The van der Waals surface area contributed by atoms with Gasteiger partial charge in [0.2, 0.25) is 5.91 Å². The van der Waals surface area contributed by atoms with Crippen LogP contribution in [0.3, 0.4) is 0 Å². The first kappa shape index (κ1) is 14.0. The van der Waals surface area contributed by atoms with Crippen molar-refractivity contribution in [1.82, 2.24) is 10.1 Å². The van der Waals surface area contributed by atoms with Gasteiger partial charge in [-0.05, 0) is 11.8 Å². The van der Waals surface area contributed by atoms with E-state index in [9.17, 15) is 4.79 Å². The molecule has 2 fully saturated rings. The summed E-state index contributed by atoms with van der Waals surface area (Å²) < 4.78 is 16.2. The molecular weight excluding hydrogens is 284 g/mol. The van der Waals surface area contributed by atoms with Crippen LogP contribution in [0.2, 0.25) is 0 Å². The number of hydrogen-bond acceptors (Lipinski definition) is 5. The zero-order chi connectivity index (χ0) is 15.1. The van der Waals surface area contributed by atoms with E-state index in [1.165, 1.54) is 0 Å². The largest absolute Gasteiger partial charge is 0.381 e. The standard InChI is InChI=1S/C16H20N2O4/c1-2-5-20-9-13-10-6-18(4-3-14(10)22-17-13)16(19)15-11-7-21-8-12(11)15/h2,11-12,15H,1,3-9H2/t11-,12+,15?. The van der Waals surface area contributed by atoms with Gasteiger partial charge in [0.1, 0.15) is 11.5 Å². The van der Waals surface area contributed by atoms with E-state index in [2.05, 4.69) is 11.7 Å². The number of aromatic nitrogens is 1. The molecule has 118 valence electrons. The summed E-state index contributed by atoms with van der Waals surface area (Å²) in [5.41, 5.74) is 1.82. The fraction of sp³-hybridized carbons (Fsp3) is 0.625. The number of carbonyl (C=O) groups excluding carboxylic acids is 1. The lowest BCUT2D eigenvalue weighted by molar-refractivity contribution is -0.135. The van der Waals surface area contributed by atoms with E-state index in [1.54, 1.807) is 6.08 Å². The fourth-order valence-corrected chi connectivity index (χ4v) is 3.62. The topological polar surface area (TPSA) is 64.8 Å². The van der Waals surface area contributed by atoms with Gasteiger partial charge in [0.05, 0.1) is 33.0 Å². The second kappa shape index (κ2) is 5.52. The average molecular weight is 304 g/mol. The van der Waals surface area contributed by atoms with Crippen LogP contribution in [0.4, 0.5) is 0 Å². The molecule has 3 atom stereocenters. The van der Waals surface area contributed by atoms with Crippen LogP contribution in [0.25, 0.3) is 0 Å². The van der Waals surface area contributed by atoms with Gasteiger partial charge >= 0.3 is 0 Å². The van der Waals surface area contributed by atoms with Crippen molar-refractivity contribution in [2.45, 2.75) is 19.6 Å². The number of carbonyl (C=O) groups is 1. The zero-order valence-corrected chi connectivity index (χ0v) is 12.5. The number of ether oxygens (including phenoxy) is 2. The Morgan fingerprint density at radius 2 is 2.27 bits per heavy atom. The maximum Gasteiger partial charge on any atom is 0.226 e. The number of hydrogen-bond donors (Lipinski definition) is 0. The minimum absolute atomic E-state index is 0.177. The first-order chi connectivity index (χ1) is 10.8.